The topological polar surface area (TPSA) is 145 Å². The number of methoxy groups -OCH3 is 1. The molecule has 0 spiro atoms. The van der Waals surface area contributed by atoms with Crippen LogP contribution in [0.2, 0.25) is 0 Å². The number of rotatable bonds is 5. The summed E-state index contributed by atoms with van der Waals surface area (Å²) in [6, 6.07) is 7.76. The van der Waals surface area contributed by atoms with Gasteiger partial charge in [-0.3, -0.25) is 9.13 Å². The molecule has 0 bridgehead atoms. The van der Waals surface area contributed by atoms with Gasteiger partial charge in [0.2, 0.25) is 0 Å². The quantitative estimate of drug-likeness (QED) is 0.506. The van der Waals surface area contributed by atoms with E-state index in [2.05, 4.69) is 0 Å². The monoisotopic (exact) mass is 362 g/mol. The minimum absolute atomic E-state index is 0.0499. The Morgan fingerprint density at radius 1 is 1.04 bits per heavy atom. The lowest BCUT2D eigenvalue weighted by molar-refractivity contribution is 0.338. The molecule has 0 aliphatic heterocycles. The van der Waals surface area contributed by atoms with E-state index >= 15 is 0 Å². The van der Waals surface area contributed by atoms with Crippen molar-refractivity contribution in [2.24, 2.45) is 0 Å². The Balaban J connectivity index is 2.66. The fourth-order valence-corrected chi connectivity index (χ4v) is 4.80. The molecule has 0 fully saturated rings. The maximum Gasteiger partial charge on any atom is 0.341 e. The van der Waals surface area contributed by atoms with Crippen LogP contribution in [0, 0.1) is 0 Å². The molecule has 23 heavy (non-hydrogen) atoms. The molecular weight excluding hydrogens is 346 g/mol. The van der Waals surface area contributed by atoms with Gasteiger partial charge in [-0.15, -0.1) is 0 Å². The summed E-state index contributed by atoms with van der Waals surface area (Å²) >= 11 is 0. The van der Waals surface area contributed by atoms with Crippen molar-refractivity contribution < 1.29 is 38.5 Å². The minimum Gasteiger partial charge on any atom is -0.504 e. The third-order valence-corrected chi connectivity index (χ3v) is 7.19. The van der Waals surface area contributed by atoms with Gasteiger partial charge in [-0.25, -0.2) is 0 Å². The van der Waals surface area contributed by atoms with Crippen LogP contribution in [-0.4, -0.2) is 37.2 Å². The van der Waals surface area contributed by atoms with Crippen LogP contribution in [0.4, 0.5) is 0 Å². The van der Waals surface area contributed by atoms with E-state index in [-0.39, 0.29) is 17.1 Å². The van der Waals surface area contributed by atoms with E-state index in [4.69, 9.17) is 4.74 Å². The van der Waals surface area contributed by atoms with Crippen molar-refractivity contribution in [3.05, 3.63) is 35.9 Å². The van der Waals surface area contributed by atoms with Gasteiger partial charge in [0.05, 0.1) is 7.11 Å². The molecule has 126 valence electrons. The lowest BCUT2D eigenvalue weighted by Gasteiger charge is -2.21. The molecule has 0 unspecified atom stereocenters. The normalized spacial score (nSPS) is 12.8. The van der Waals surface area contributed by atoms with Crippen molar-refractivity contribution in [1.82, 2.24) is 0 Å². The second-order valence-corrected chi connectivity index (χ2v) is 9.01. The summed E-state index contributed by atoms with van der Waals surface area (Å²) in [5.74, 6) is -0.107. The van der Waals surface area contributed by atoms with Crippen LogP contribution in [-0.2, 0) is 15.6 Å². The first-order chi connectivity index (χ1) is 10.6. The highest BCUT2D eigenvalue weighted by Gasteiger charge is 2.43. The van der Waals surface area contributed by atoms with Crippen molar-refractivity contribution in [1.29, 1.82) is 0 Å². The second-order valence-electron chi connectivity index (χ2n) is 5.00. The third-order valence-electron chi connectivity index (χ3n) is 3.47. The lowest BCUT2D eigenvalue weighted by atomic mass is 10.0. The van der Waals surface area contributed by atoms with E-state index < -0.39 is 27.0 Å². The van der Waals surface area contributed by atoms with Gasteiger partial charge in [0.15, 0.2) is 16.9 Å². The Morgan fingerprint density at radius 3 is 2.04 bits per heavy atom. The smallest absolute Gasteiger partial charge is 0.341 e. The van der Waals surface area contributed by atoms with Gasteiger partial charge in [0, 0.05) is 5.39 Å². The van der Waals surface area contributed by atoms with Crippen molar-refractivity contribution in [3.8, 4) is 11.5 Å². The number of hydrogen-bond donors (Lipinski definition) is 5. The van der Waals surface area contributed by atoms with E-state index in [1.807, 2.05) is 0 Å². The maximum atomic E-state index is 11.5. The molecule has 0 aliphatic rings. The van der Waals surface area contributed by atoms with Gasteiger partial charge in [-0.05, 0) is 23.4 Å². The third kappa shape index (κ3) is 3.75. The molecule has 0 amide bonds. The molecule has 2 aromatic carbocycles. The molecule has 0 heterocycles. The van der Waals surface area contributed by atoms with Gasteiger partial charge in [0.1, 0.15) is 0 Å². The fraction of sp³-hybridized carbons (Fsp3) is 0.231. The first-order valence-corrected chi connectivity index (χ1v) is 9.80. The Bertz CT molecular complexity index is 800. The van der Waals surface area contributed by atoms with Crippen LogP contribution < -0.4 is 4.74 Å². The van der Waals surface area contributed by atoms with Gasteiger partial charge >= 0.3 is 15.2 Å². The first-order valence-electron chi connectivity index (χ1n) is 6.43. The fourth-order valence-electron chi connectivity index (χ4n) is 2.36. The molecule has 2 rings (SSSR count). The molecule has 0 saturated carbocycles. The number of benzene rings is 2. The predicted octanol–water partition coefficient (Wildman–Crippen LogP) is 1.78. The molecular formula is C13H16O8P2. The number of fused-ring (bicyclic) bond motifs is 1. The molecule has 0 aliphatic carbocycles. The number of phenolic OH excluding ortho intramolecular Hbond substituents is 1. The largest absolute Gasteiger partial charge is 0.504 e. The van der Waals surface area contributed by atoms with Gasteiger partial charge < -0.3 is 29.4 Å². The first kappa shape index (κ1) is 17.9. The molecule has 5 N–H and O–H groups in total. The summed E-state index contributed by atoms with van der Waals surface area (Å²) in [6.07, 6.45) is -0.564. The van der Waals surface area contributed by atoms with E-state index in [1.54, 1.807) is 24.3 Å². The number of aromatic hydroxyl groups is 1. The van der Waals surface area contributed by atoms with E-state index in [9.17, 15) is 33.8 Å². The molecule has 10 heteroatoms. The molecule has 0 atom stereocenters. The molecule has 8 nitrogen and oxygen atoms in total. The van der Waals surface area contributed by atoms with E-state index in [0.29, 0.717) is 10.8 Å². The summed E-state index contributed by atoms with van der Waals surface area (Å²) in [4.78, 5) is 37.1. The zero-order valence-electron chi connectivity index (χ0n) is 12.0. The van der Waals surface area contributed by atoms with Crippen molar-refractivity contribution >= 4 is 26.0 Å². The minimum atomic E-state index is -5.04. The van der Waals surface area contributed by atoms with Crippen LogP contribution in [0.1, 0.15) is 5.56 Å². The Kier molecular flexibility index (Phi) is 4.87. The Labute approximate surface area is 131 Å². The average Bonchev–Trinajstić information content (AvgIpc) is 2.44. The molecule has 2 aromatic rings. The van der Waals surface area contributed by atoms with Crippen LogP contribution in [0.5, 0.6) is 11.5 Å². The van der Waals surface area contributed by atoms with E-state index in [0.717, 1.165) is 0 Å². The molecule has 0 aromatic heterocycles. The summed E-state index contributed by atoms with van der Waals surface area (Å²) in [7, 11) is -8.78. The van der Waals surface area contributed by atoms with E-state index in [1.165, 1.54) is 13.2 Å². The molecule has 0 radical (unpaired) electrons. The SMILES string of the molecule is COc1cc(CC(P(=O)(O)O)P(=O)(O)O)c2ccccc2c1O. The zero-order valence-corrected chi connectivity index (χ0v) is 13.8. The van der Waals surface area contributed by atoms with Crippen LogP contribution >= 0.6 is 15.2 Å². The summed E-state index contributed by atoms with van der Waals surface area (Å²) in [5.41, 5.74) is 0.256. The van der Waals surface area contributed by atoms with Crippen LogP contribution in [0.25, 0.3) is 10.8 Å². The second kappa shape index (κ2) is 6.24. The maximum absolute atomic E-state index is 11.5. The van der Waals surface area contributed by atoms with Crippen LogP contribution in [0.15, 0.2) is 30.3 Å². The highest BCUT2D eigenvalue weighted by Crippen LogP contribution is 2.61. The number of hydrogen-bond acceptors (Lipinski definition) is 4. The predicted molar refractivity (Wildman–Crippen MR) is 83.7 cm³/mol. The lowest BCUT2D eigenvalue weighted by Crippen LogP contribution is -2.13. The standard InChI is InChI=1S/C13H16O8P2/c1-21-11-6-8(7-12(22(15,16)17)23(18,19)20)9-4-2-3-5-10(9)13(11)14/h2-6,12,14H,7H2,1H3,(H2,15,16,17)(H2,18,19,20). The Hall–Kier alpha value is -1.40. The van der Waals surface area contributed by atoms with Crippen LogP contribution in [0.3, 0.4) is 0 Å². The van der Waals surface area contributed by atoms with Crippen molar-refractivity contribution in [2.75, 3.05) is 7.11 Å². The summed E-state index contributed by atoms with van der Waals surface area (Å²) < 4.78 is 27.9. The number of phenols is 1. The highest BCUT2D eigenvalue weighted by atomic mass is 31.2. The summed E-state index contributed by atoms with van der Waals surface area (Å²) in [6.45, 7) is 0. The van der Waals surface area contributed by atoms with Crippen molar-refractivity contribution in [3.63, 3.8) is 0 Å². The van der Waals surface area contributed by atoms with Gasteiger partial charge in [-0.2, -0.15) is 0 Å². The average molecular weight is 362 g/mol. The Morgan fingerprint density at radius 2 is 1.57 bits per heavy atom. The van der Waals surface area contributed by atoms with Crippen molar-refractivity contribution in [2.45, 2.75) is 11.8 Å². The highest BCUT2D eigenvalue weighted by molar-refractivity contribution is 7.70. The molecule has 0 saturated heterocycles. The number of ether oxygens (including phenoxy) is 1. The van der Waals surface area contributed by atoms with Gasteiger partial charge in [-0.1, -0.05) is 24.3 Å². The van der Waals surface area contributed by atoms with Gasteiger partial charge in [0.25, 0.3) is 0 Å². The zero-order chi connectivity index (χ0) is 17.4. The summed E-state index contributed by atoms with van der Waals surface area (Å²) in [5, 5.41) is 8.72.